The lowest BCUT2D eigenvalue weighted by Crippen LogP contribution is -2.57. The van der Waals surface area contributed by atoms with Crippen LogP contribution in [0.5, 0.6) is 0 Å². The maximum absolute atomic E-state index is 14.0. The average Bonchev–Trinajstić information content (AvgIpc) is 2.51. The monoisotopic (exact) mass is 1280 g/mol. The summed E-state index contributed by atoms with van der Waals surface area (Å²) in [6.45, 7) is 14.2. The molecule has 0 unspecified atom stereocenters. The normalized spacial score (nSPS) is 16.7. The van der Waals surface area contributed by atoms with Gasteiger partial charge in [-0.3, -0.25) is 29.1 Å². The molecule has 5 amide bonds. The van der Waals surface area contributed by atoms with Crippen LogP contribution in [-0.4, -0.2) is 196 Å². The van der Waals surface area contributed by atoms with Gasteiger partial charge < -0.3 is 69.5 Å². The molecule has 0 bridgehead atoms. The Morgan fingerprint density at radius 2 is 1.41 bits per heavy atom. The third-order valence-corrected chi connectivity index (χ3v) is 17.1. The minimum atomic E-state index is -0.947. The van der Waals surface area contributed by atoms with Crippen molar-refractivity contribution in [1.29, 1.82) is 0 Å². The highest BCUT2D eigenvalue weighted by molar-refractivity contribution is 7.13. The Balaban J connectivity index is 0.597. The minimum absolute atomic E-state index is 0.00795. The summed E-state index contributed by atoms with van der Waals surface area (Å²) in [7, 11) is 0. The van der Waals surface area contributed by atoms with E-state index in [1.807, 2.05) is 92.7 Å². The molecular weight excluding hydrogens is 1190 g/mol. The molecule has 490 valence electrons. The van der Waals surface area contributed by atoms with Crippen LogP contribution in [0.1, 0.15) is 85.6 Å². The Hall–Kier alpha value is -7.49. The molecule has 0 radical (unpaired) electrons. The molecule has 5 heterocycles. The van der Waals surface area contributed by atoms with E-state index in [1.54, 1.807) is 17.4 Å². The Morgan fingerprint density at radius 3 is 2.04 bits per heavy atom. The Labute approximate surface area is 533 Å². The molecule has 0 aliphatic carbocycles. The van der Waals surface area contributed by atoms with E-state index in [-0.39, 0.29) is 88.3 Å². The van der Waals surface area contributed by atoms with Gasteiger partial charge in [0.15, 0.2) is 5.82 Å². The first kappa shape index (κ1) is 67.9. The third kappa shape index (κ3) is 19.8. The number of aromatic amines is 1. The molecule has 3 aliphatic heterocycles. The van der Waals surface area contributed by atoms with Crippen molar-refractivity contribution in [3.05, 3.63) is 124 Å². The summed E-state index contributed by atoms with van der Waals surface area (Å²) in [4.78, 5) is 78.6. The van der Waals surface area contributed by atoms with E-state index in [1.165, 1.54) is 17.0 Å². The van der Waals surface area contributed by atoms with Gasteiger partial charge in [0.05, 0.1) is 106 Å². The number of halogens is 2. The third-order valence-electron chi connectivity index (χ3n) is 16.1. The molecule has 3 fully saturated rings. The number of aryl methyl sites for hydroxylation is 1. The number of H-pyrrole nitrogens is 1. The number of likely N-dealkylation sites (tertiary alicyclic amines) is 1. The number of β-amino-alcohol motifs (C(OH)–C–C–N with tert-alkyl or cyclic N) is 1. The van der Waals surface area contributed by atoms with E-state index >= 15 is 0 Å². The van der Waals surface area contributed by atoms with Crippen LogP contribution in [0.15, 0.2) is 84.4 Å². The van der Waals surface area contributed by atoms with Gasteiger partial charge in [-0.1, -0.05) is 51.1 Å². The predicted octanol–water partition coefficient (Wildman–Crippen LogP) is 7.03. The summed E-state index contributed by atoms with van der Waals surface area (Å²) in [5.41, 5.74) is 8.01. The molecule has 0 saturated carbocycles. The van der Waals surface area contributed by atoms with Gasteiger partial charge in [-0.05, 0) is 96.3 Å². The van der Waals surface area contributed by atoms with Crippen LogP contribution in [-0.2, 0) is 60.6 Å². The fourth-order valence-corrected chi connectivity index (χ4v) is 12.0. The number of anilines is 3. The molecule has 22 nitrogen and oxygen atoms in total. The van der Waals surface area contributed by atoms with Gasteiger partial charge in [0.25, 0.3) is 5.91 Å². The van der Waals surface area contributed by atoms with Crippen LogP contribution in [0.25, 0.3) is 21.3 Å². The second-order valence-electron chi connectivity index (χ2n) is 24.0. The zero-order valence-electron chi connectivity index (χ0n) is 52.2. The topological polar surface area (TPSA) is 260 Å². The fraction of sp³-hybridized carbons (Fsp3) is 0.500. The second-order valence-corrected chi connectivity index (χ2v) is 24.9. The van der Waals surface area contributed by atoms with Gasteiger partial charge in [-0.2, -0.15) is 5.10 Å². The first-order chi connectivity index (χ1) is 43.9. The first-order valence-electron chi connectivity index (χ1n) is 31.1. The second kappa shape index (κ2) is 33.2. The molecule has 9 rings (SSSR count). The number of carbonyl (C=O) groups is 5. The van der Waals surface area contributed by atoms with Crippen LogP contribution < -0.4 is 26.2 Å². The van der Waals surface area contributed by atoms with Crippen molar-refractivity contribution in [2.24, 2.45) is 5.41 Å². The lowest BCUT2D eigenvalue weighted by molar-refractivity contribution is -0.144. The standard InChI is InChI=1S/C66H84F2N10O12S/c1-43-60(91-42-70-43)47-8-5-44(6-9-47)40-69-64(83)57-39-52(79)41-78(57)65(84)61(66(2,3)4)72-58(80)15-23-86-25-27-88-29-31-90-32-30-89-28-26-87-24-16-59(81)77-19-17-76(18-20-77)51-10-11-53(56(38-51)71-50-13-21-85-22-14-50)63(82)73-62-54-36-45(7-12-55(54)74-75-62)33-46-34-48(67)37-49(68)35-46/h5-12,34-38,42,50,52,57,61,71,79H,13-33,39-41H2,1-4H3,(H,69,83)(H,72,80)(H2,73,74,75,82)/t52-,57+,61-/m1/s1. The summed E-state index contributed by atoms with van der Waals surface area (Å²) in [6, 6.07) is 20.8. The number of nitrogens with one attached hydrogen (secondary N) is 5. The van der Waals surface area contributed by atoms with E-state index in [4.69, 9.17) is 28.4 Å². The van der Waals surface area contributed by atoms with Gasteiger partial charge in [0, 0.05) is 94.2 Å². The number of amides is 5. The number of carbonyl (C=O) groups excluding carboxylic acids is 5. The SMILES string of the molecule is Cc1ncsc1-c1ccc(CNC(=O)[C@@H]2C[C@@H](O)CN2C(=O)[C@@H](NC(=O)CCOCCOCCOCCOCCOCCC(=O)N2CCN(c3ccc(C(=O)Nc4n[nH]c5ccc(Cc6cc(F)cc(F)c6)cc45)c(NC4CCOCC4)c3)CC2)C(C)(C)C)cc1. The van der Waals surface area contributed by atoms with Crippen LogP contribution in [0.2, 0.25) is 0 Å². The molecule has 3 atom stereocenters. The molecule has 4 aromatic carbocycles. The highest BCUT2D eigenvalue weighted by Gasteiger charge is 2.44. The summed E-state index contributed by atoms with van der Waals surface area (Å²) in [6.07, 6.45) is 1.33. The maximum atomic E-state index is 14.0. The van der Waals surface area contributed by atoms with Crippen LogP contribution in [0, 0.1) is 24.0 Å². The zero-order valence-corrected chi connectivity index (χ0v) is 53.0. The predicted molar refractivity (Wildman–Crippen MR) is 341 cm³/mol. The van der Waals surface area contributed by atoms with Gasteiger partial charge in [0.1, 0.15) is 23.7 Å². The fourth-order valence-electron chi connectivity index (χ4n) is 11.2. The van der Waals surface area contributed by atoms with Crippen molar-refractivity contribution < 1.29 is 66.3 Å². The van der Waals surface area contributed by atoms with E-state index < -0.39 is 41.1 Å². The van der Waals surface area contributed by atoms with Gasteiger partial charge in [-0.25, -0.2) is 13.8 Å². The van der Waals surface area contributed by atoms with Crippen LogP contribution in [0.4, 0.5) is 26.0 Å². The number of ether oxygens (including phenoxy) is 6. The summed E-state index contributed by atoms with van der Waals surface area (Å²) in [5.74, 6) is -2.49. The zero-order chi connectivity index (χ0) is 64.3. The average molecular weight is 1280 g/mol. The number of aliphatic hydroxyl groups is 1. The Kier molecular flexibility index (Phi) is 24.8. The molecule has 25 heteroatoms. The number of hydrogen-bond donors (Lipinski definition) is 6. The van der Waals surface area contributed by atoms with Crippen molar-refractivity contribution in [1.82, 2.24) is 35.6 Å². The largest absolute Gasteiger partial charge is 0.391 e. The molecule has 3 aliphatic rings. The molecular formula is C66H84F2N10O12S. The molecule has 6 aromatic rings. The molecule has 0 spiro atoms. The van der Waals surface area contributed by atoms with E-state index in [2.05, 4.69) is 41.3 Å². The smallest absolute Gasteiger partial charge is 0.258 e. The number of benzene rings is 4. The van der Waals surface area contributed by atoms with Crippen molar-refractivity contribution >= 4 is 69.0 Å². The number of piperazine rings is 1. The van der Waals surface area contributed by atoms with Crippen LogP contribution >= 0.6 is 11.3 Å². The van der Waals surface area contributed by atoms with Crippen LogP contribution in [0.3, 0.4) is 0 Å². The highest BCUT2D eigenvalue weighted by Crippen LogP contribution is 2.32. The number of thiazole rings is 1. The van der Waals surface area contributed by atoms with E-state index in [9.17, 15) is 37.9 Å². The number of aromatic nitrogens is 3. The highest BCUT2D eigenvalue weighted by atomic mass is 32.1. The summed E-state index contributed by atoms with van der Waals surface area (Å²) in [5, 5.41) is 31.0. The number of nitrogens with zero attached hydrogens (tertiary/aromatic N) is 5. The van der Waals surface area contributed by atoms with E-state index in [0.29, 0.717) is 119 Å². The minimum Gasteiger partial charge on any atom is -0.391 e. The molecule has 6 N–H and O–H groups in total. The summed E-state index contributed by atoms with van der Waals surface area (Å²) >= 11 is 1.57. The van der Waals surface area contributed by atoms with Gasteiger partial charge in [0.2, 0.25) is 23.6 Å². The number of fused-ring (bicyclic) bond motifs is 1. The number of aliphatic hydroxyl groups excluding tert-OH is 1. The van der Waals surface area contributed by atoms with Crippen molar-refractivity contribution in [2.45, 2.75) is 97.0 Å². The maximum Gasteiger partial charge on any atom is 0.258 e. The molecule has 2 aromatic heterocycles. The molecule has 3 saturated heterocycles. The number of rotatable bonds is 31. The first-order valence-corrected chi connectivity index (χ1v) is 32.0. The summed E-state index contributed by atoms with van der Waals surface area (Å²) < 4.78 is 61.6. The quantitative estimate of drug-likeness (QED) is 0.0239. The lowest BCUT2D eigenvalue weighted by Gasteiger charge is -2.36. The lowest BCUT2D eigenvalue weighted by atomic mass is 9.85. The van der Waals surface area contributed by atoms with Gasteiger partial charge in [-0.15, -0.1) is 11.3 Å². The van der Waals surface area contributed by atoms with E-state index in [0.717, 1.165) is 51.9 Å². The van der Waals surface area contributed by atoms with Crippen molar-refractivity contribution in [2.75, 3.05) is 128 Å². The molecule has 91 heavy (non-hydrogen) atoms. The van der Waals surface area contributed by atoms with Crippen molar-refractivity contribution in [3.63, 3.8) is 0 Å². The Morgan fingerprint density at radius 1 is 0.769 bits per heavy atom. The number of hydrogen-bond acceptors (Lipinski definition) is 17. The van der Waals surface area contributed by atoms with Crippen molar-refractivity contribution in [3.8, 4) is 10.4 Å². The Bertz CT molecular complexity index is 3370. The van der Waals surface area contributed by atoms with Gasteiger partial charge >= 0.3 is 0 Å².